The maximum Gasteiger partial charge on any atom is 0.327 e. The normalized spacial score (nSPS) is 19.4. The summed E-state index contributed by atoms with van der Waals surface area (Å²) in [6.07, 6.45) is 11.5. The molecule has 0 unspecified atom stereocenters. The summed E-state index contributed by atoms with van der Waals surface area (Å²) in [6.45, 7) is 11.4. The molecule has 222 valence electrons. The van der Waals surface area contributed by atoms with Crippen LogP contribution in [0, 0.1) is 0 Å². The first-order valence-electron chi connectivity index (χ1n) is 15.1. The van der Waals surface area contributed by atoms with Crippen LogP contribution >= 0.6 is 0 Å². The van der Waals surface area contributed by atoms with Gasteiger partial charge < -0.3 is 18.9 Å². The molecule has 0 spiro atoms. The molecular formula is C28H54N4O6. The van der Waals surface area contributed by atoms with Crippen molar-refractivity contribution in [1.82, 2.24) is 19.6 Å². The molecule has 0 atom stereocenters. The molecule has 10 heteroatoms. The van der Waals surface area contributed by atoms with Gasteiger partial charge in [0.25, 0.3) is 0 Å². The molecule has 0 radical (unpaired) electrons. The second-order valence-corrected chi connectivity index (χ2v) is 10.2. The van der Waals surface area contributed by atoms with Gasteiger partial charge in [-0.05, 0) is 25.7 Å². The highest BCUT2D eigenvalue weighted by molar-refractivity contribution is 5.85. The van der Waals surface area contributed by atoms with E-state index in [2.05, 4.69) is 27.7 Å². The monoisotopic (exact) mass is 542 g/mol. The predicted molar refractivity (Wildman–Crippen MR) is 147 cm³/mol. The van der Waals surface area contributed by atoms with Gasteiger partial charge in [-0.15, -0.1) is 0 Å². The number of hydrogen-bond acceptors (Lipinski definition) is 6. The first kappa shape index (κ1) is 32.6. The molecule has 2 heterocycles. The van der Waals surface area contributed by atoms with Crippen molar-refractivity contribution in [3.63, 3.8) is 0 Å². The van der Waals surface area contributed by atoms with E-state index < -0.39 is 12.3 Å². The molecular weight excluding hydrogens is 488 g/mol. The van der Waals surface area contributed by atoms with E-state index in [4.69, 9.17) is 18.9 Å². The number of carbonyl (C=O) groups excluding carboxylic acids is 2. The quantitative estimate of drug-likeness (QED) is 0.144. The molecule has 38 heavy (non-hydrogen) atoms. The molecule has 0 N–H and O–H groups in total. The van der Waals surface area contributed by atoms with Gasteiger partial charge in [0, 0.05) is 26.4 Å². The summed E-state index contributed by atoms with van der Waals surface area (Å²) in [4.78, 5) is 33.9. The van der Waals surface area contributed by atoms with Crippen molar-refractivity contribution in [2.75, 3.05) is 53.4 Å². The highest BCUT2D eigenvalue weighted by Crippen LogP contribution is 2.35. The minimum atomic E-state index is -0.522. The zero-order valence-corrected chi connectivity index (χ0v) is 24.5. The van der Waals surface area contributed by atoms with Gasteiger partial charge in [0.15, 0.2) is 12.3 Å². The van der Waals surface area contributed by atoms with Crippen LogP contribution in [0.2, 0.25) is 0 Å². The van der Waals surface area contributed by atoms with Gasteiger partial charge in [0.2, 0.25) is 0 Å². The van der Waals surface area contributed by atoms with E-state index in [-0.39, 0.29) is 39.0 Å². The Morgan fingerprint density at radius 1 is 0.447 bits per heavy atom. The second-order valence-electron chi connectivity index (χ2n) is 10.2. The first-order chi connectivity index (χ1) is 18.6. The molecule has 4 amide bonds. The molecule has 2 fully saturated rings. The fourth-order valence-electron chi connectivity index (χ4n) is 4.76. The second kappa shape index (κ2) is 19.4. The lowest BCUT2D eigenvalue weighted by Crippen LogP contribution is -2.48. The zero-order valence-electron chi connectivity index (χ0n) is 24.5. The van der Waals surface area contributed by atoms with Crippen LogP contribution in [0.15, 0.2) is 0 Å². The summed E-state index contributed by atoms with van der Waals surface area (Å²) in [7, 11) is 0. The SMILES string of the molecule is CCCCCOCN1C(=O)N(COCCCCC)C2C1N(COCCCCC)C(=O)N2COCCCCC. The summed E-state index contributed by atoms with van der Waals surface area (Å²) in [5.74, 6) is 0. The lowest BCUT2D eigenvalue weighted by atomic mass is 10.3. The number of unbranched alkanes of at least 4 members (excludes halogenated alkanes) is 8. The Labute approximate surface area is 230 Å². The minimum Gasteiger partial charge on any atom is -0.361 e. The summed E-state index contributed by atoms with van der Waals surface area (Å²) < 4.78 is 23.7. The van der Waals surface area contributed by atoms with E-state index in [1.807, 2.05) is 0 Å². The molecule has 2 saturated heterocycles. The Balaban J connectivity index is 2.17. The van der Waals surface area contributed by atoms with E-state index in [0.717, 1.165) is 77.0 Å². The van der Waals surface area contributed by atoms with E-state index in [1.165, 1.54) is 0 Å². The van der Waals surface area contributed by atoms with Gasteiger partial charge in [-0.25, -0.2) is 9.59 Å². The van der Waals surface area contributed by atoms with Crippen molar-refractivity contribution in [1.29, 1.82) is 0 Å². The van der Waals surface area contributed by atoms with E-state index in [0.29, 0.717) is 26.4 Å². The van der Waals surface area contributed by atoms with Crippen LogP contribution in [0.3, 0.4) is 0 Å². The third-order valence-corrected chi connectivity index (χ3v) is 7.02. The number of urea groups is 2. The Morgan fingerprint density at radius 3 is 0.895 bits per heavy atom. The molecule has 0 saturated carbocycles. The number of ether oxygens (including phenoxy) is 4. The Kier molecular flexibility index (Phi) is 16.7. The van der Waals surface area contributed by atoms with Crippen molar-refractivity contribution >= 4 is 12.1 Å². The Morgan fingerprint density at radius 2 is 0.684 bits per heavy atom. The van der Waals surface area contributed by atoms with Gasteiger partial charge in [-0.3, -0.25) is 19.6 Å². The maximum absolute atomic E-state index is 13.6. The van der Waals surface area contributed by atoms with E-state index in [9.17, 15) is 9.59 Å². The smallest absolute Gasteiger partial charge is 0.327 e. The lowest BCUT2D eigenvalue weighted by Gasteiger charge is -2.29. The maximum atomic E-state index is 13.6. The molecule has 0 aromatic rings. The zero-order chi connectivity index (χ0) is 27.6. The number of amides is 4. The summed E-state index contributed by atoms with van der Waals surface area (Å²) >= 11 is 0. The molecule has 2 aliphatic rings. The van der Waals surface area contributed by atoms with Gasteiger partial charge in [0.1, 0.15) is 26.9 Å². The Bertz CT molecular complexity index is 553. The number of hydrogen-bond donors (Lipinski definition) is 0. The third-order valence-electron chi connectivity index (χ3n) is 7.02. The molecule has 10 nitrogen and oxygen atoms in total. The van der Waals surface area contributed by atoms with E-state index >= 15 is 0 Å². The van der Waals surface area contributed by atoms with Crippen LogP contribution in [0.5, 0.6) is 0 Å². The number of fused-ring (bicyclic) bond motifs is 1. The molecule has 0 aromatic carbocycles. The van der Waals surface area contributed by atoms with Gasteiger partial charge in [-0.2, -0.15) is 0 Å². The minimum absolute atomic E-state index is 0.126. The van der Waals surface area contributed by atoms with Crippen LogP contribution in [0.1, 0.15) is 105 Å². The lowest BCUT2D eigenvalue weighted by molar-refractivity contribution is -0.0369. The highest BCUT2D eigenvalue weighted by atomic mass is 16.5. The highest BCUT2D eigenvalue weighted by Gasteiger charge is 2.59. The van der Waals surface area contributed by atoms with Crippen LogP contribution in [-0.4, -0.2) is 97.3 Å². The number of carbonyl (C=O) groups is 2. The molecule has 2 aliphatic heterocycles. The van der Waals surface area contributed by atoms with E-state index in [1.54, 1.807) is 19.6 Å². The topological polar surface area (TPSA) is 84.0 Å². The van der Waals surface area contributed by atoms with Crippen molar-refractivity contribution in [3.8, 4) is 0 Å². The average molecular weight is 543 g/mol. The van der Waals surface area contributed by atoms with Crippen molar-refractivity contribution in [2.24, 2.45) is 0 Å². The molecule has 2 rings (SSSR count). The largest absolute Gasteiger partial charge is 0.361 e. The fraction of sp³-hybridized carbons (Fsp3) is 0.929. The summed E-state index contributed by atoms with van der Waals surface area (Å²) in [6, 6.07) is -0.379. The first-order valence-corrected chi connectivity index (χ1v) is 15.1. The fourth-order valence-corrected chi connectivity index (χ4v) is 4.76. The van der Waals surface area contributed by atoms with Crippen LogP contribution in [-0.2, 0) is 18.9 Å². The van der Waals surface area contributed by atoms with Crippen LogP contribution in [0.25, 0.3) is 0 Å². The standard InChI is InChI=1S/C28H54N4O6/c1-5-9-13-17-35-21-29-25-26(31(27(29)33)23-37-19-15-11-7-3)32(24-38-20-16-12-8-4)28(34)30(25)22-36-18-14-10-6-2/h25-26H,5-24H2,1-4H3. The van der Waals surface area contributed by atoms with Crippen LogP contribution in [0.4, 0.5) is 9.59 Å². The molecule has 0 bridgehead atoms. The summed E-state index contributed by atoms with van der Waals surface area (Å²) in [5.41, 5.74) is 0. The van der Waals surface area contributed by atoms with Crippen molar-refractivity contribution < 1.29 is 28.5 Å². The van der Waals surface area contributed by atoms with Crippen molar-refractivity contribution in [2.45, 2.75) is 117 Å². The van der Waals surface area contributed by atoms with Crippen molar-refractivity contribution in [3.05, 3.63) is 0 Å². The van der Waals surface area contributed by atoms with Gasteiger partial charge in [0.05, 0.1) is 0 Å². The third kappa shape index (κ3) is 9.84. The Hall–Kier alpha value is -1.62. The average Bonchev–Trinajstić information content (AvgIpc) is 3.33. The molecule has 0 aliphatic carbocycles. The predicted octanol–water partition coefficient (Wildman–Crippen LogP) is 5.77. The number of nitrogens with zero attached hydrogens (tertiary/aromatic N) is 4. The number of rotatable bonds is 24. The molecule has 0 aromatic heterocycles. The van der Waals surface area contributed by atoms with Gasteiger partial charge >= 0.3 is 12.1 Å². The van der Waals surface area contributed by atoms with Gasteiger partial charge in [-0.1, -0.05) is 79.1 Å². The van der Waals surface area contributed by atoms with Crippen LogP contribution < -0.4 is 0 Å². The summed E-state index contributed by atoms with van der Waals surface area (Å²) in [5, 5.41) is 0.